The number of nitrogens with one attached hydrogen (secondary N) is 1. The molecular formula is C21H33NO12. The topological polar surface area (TPSA) is 192 Å². The molecule has 0 bridgehead atoms. The first kappa shape index (κ1) is 30.6. The molecule has 0 fully saturated rings. The van der Waals surface area contributed by atoms with Crippen molar-refractivity contribution in [2.24, 2.45) is 0 Å². The van der Waals surface area contributed by atoms with E-state index in [2.05, 4.69) is 14.8 Å². The van der Waals surface area contributed by atoms with Gasteiger partial charge in [-0.25, -0.2) is 24.0 Å². The molecule has 0 aliphatic rings. The van der Waals surface area contributed by atoms with Gasteiger partial charge in [0.25, 0.3) is 0 Å². The van der Waals surface area contributed by atoms with Crippen molar-refractivity contribution in [1.29, 1.82) is 0 Å². The number of amides is 1. The van der Waals surface area contributed by atoms with Crippen LogP contribution in [0.2, 0.25) is 0 Å². The summed E-state index contributed by atoms with van der Waals surface area (Å²) in [6.45, 7) is 5.23. The molecule has 0 heterocycles. The molecule has 4 atom stereocenters. The van der Waals surface area contributed by atoms with Crippen molar-refractivity contribution in [1.82, 2.24) is 5.32 Å². The molecule has 0 saturated heterocycles. The Kier molecular flexibility index (Phi) is 14.6. The van der Waals surface area contributed by atoms with E-state index in [-0.39, 0.29) is 6.42 Å². The lowest BCUT2D eigenvalue weighted by molar-refractivity contribution is -0.174. The number of rotatable bonds is 16. The van der Waals surface area contributed by atoms with Crippen molar-refractivity contribution in [3.05, 3.63) is 0 Å². The smallest absolute Gasteiger partial charge is 0.407 e. The fourth-order valence-corrected chi connectivity index (χ4v) is 2.31. The zero-order valence-corrected chi connectivity index (χ0v) is 19.7. The SMILES string of the molecule is CC(OC(=O)C(C)OC(=O)CCCCCCCNC(=O)OC(C)C(=O)OC(C)C(=O)O)C(=O)O. The predicted octanol–water partition coefficient (Wildman–Crippen LogP) is 1.41. The molecule has 13 heteroatoms. The zero-order valence-electron chi connectivity index (χ0n) is 19.7. The second-order valence-corrected chi connectivity index (χ2v) is 7.46. The molecule has 0 aliphatic heterocycles. The highest BCUT2D eigenvalue weighted by atomic mass is 16.6. The molecule has 0 aromatic heterocycles. The van der Waals surface area contributed by atoms with Crippen molar-refractivity contribution in [2.75, 3.05) is 6.54 Å². The molecule has 0 aromatic rings. The molecule has 0 rings (SSSR count). The van der Waals surface area contributed by atoms with Crippen LogP contribution in [-0.2, 0) is 42.9 Å². The molecule has 0 spiro atoms. The Morgan fingerprint density at radius 1 is 0.618 bits per heavy atom. The number of aliphatic carboxylic acids is 2. The van der Waals surface area contributed by atoms with Gasteiger partial charge < -0.3 is 34.5 Å². The van der Waals surface area contributed by atoms with E-state index in [0.29, 0.717) is 25.8 Å². The van der Waals surface area contributed by atoms with Gasteiger partial charge in [-0.15, -0.1) is 0 Å². The molecular weight excluding hydrogens is 458 g/mol. The number of esters is 3. The van der Waals surface area contributed by atoms with Crippen LogP contribution < -0.4 is 5.32 Å². The van der Waals surface area contributed by atoms with Gasteiger partial charge in [-0.3, -0.25) is 4.79 Å². The van der Waals surface area contributed by atoms with Gasteiger partial charge in [0.15, 0.2) is 24.4 Å². The Morgan fingerprint density at radius 3 is 1.56 bits per heavy atom. The number of hydrogen-bond acceptors (Lipinski definition) is 10. The number of ether oxygens (including phenoxy) is 4. The Morgan fingerprint density at radius 2 is 1.06 bits per heavy atom. The van der Waals surface area contributed by atoms with Crippen LogP contribution in [0, 0.1) is 0 Å². The maximum atomic E-state index is 11.7. The predicted molar refractivity (Wildman–Crippen MR) is 114 cm³/mol. The van der Waals surface area contributed by atoms with E-state index in [1.807, 2.05) is 0 Å². The van der Waals surface area contributed by atoms with Crippen LogP contribution in [0.4, 0.5) is 4.79 Å². The minimum absolute atomic E-state index is 0.0885. The summed E-state index contributed by atoms with van der Waals surface area (Å²) in [7, 11) is 0. The summed E-state index contributed by atoms with van der Waals surface area (Å²) in [5, 5.41) is 19.8. The van der Waals surface area contributed by atoms with E-state index in [0.717, 1.165) is 12.8 Å². The summed E-state index contributed by atoms with van der Waals surface area (Å²) < 4.78 is 19.0. The Hall–Kier alpha value is -3.38. The van der Waals surface area contributed by atoms with Gasteiger partial charge in [-0.2, -0.15) is 0 Å². The standard InChI is InChI=1S/C21H33NO12/c1-12(17(24)25)32-19(28)14(3)31-16(23)10-8-6-5-7-9-11-22-21(30)34-15(4)20(29)33-13(2)18(26)27/h12-15H,5-11H2,1-4H3,(H,22,30)(H,24,25)(H,26,27). The highest BCUT2D eigenvalue weighted by Crippen LogP contribution is 2.08. The number of carbonyl (C=O) groups is 6. The third kappa shape index (κ3) is 13.9. The summed E-state index contributed by atoms with van der Waals surface area (Å²) >= 11 is 0. The highest BCUT2D eigenvalue weighted by molar-refractivity contribution is 5.82. The van der Waals surface area contributed by atoms with E-state index in [1.165, 1.54) is 27.7 Å². The maximum Gasteiger partial charge on any atom is 0.407 e. The summed E-state index contributed by atoms with van der Waals surface area (Å²) in [5.41, 5.74) is 0. The minimum Gasteiger partial charge on any atom is -0.479 e. The van der Waals surface area contributed by atoms with Crippen molar-refractivity contribution < 1.29 is 57.9 Å². The van der Waals surface area contributed by atoms with E-state index in [4.69, 9.17) is 19.7 Å². The molecule has 0 aliphatic carbocycles. The van der Waals surface area contributed by atoms with E-state index in [1.54, 1.807) is 0 Å². The zero-order chi connectivity index (χ0) is 26.3. The van der Waals surface area contributed by atoms with Crippen LogP contribution in [0.1, 0.15) is 66.2 Å². The minimum atomic E-state index is -1.35. The number of unbranched alkanes of at least 4 members (excludes halogenated alkanes) is 4. The fourth-order valence-electron chi connectivity index (χ4n) is 2.31. The second kappa shape index (κ2) is 16.3. The van der Waals surface area contributed by atoms with Crippen LogP contribution in [0.5, 0.6) is 0 Å². The lowest BCUT2D eigenvalue weighted by atomic mass is 10.1. The monoisotopic (exact) mass is 491 g/mol. The first-order valence-corrected chi connectivity index (χ1v) is 10.9. The number of hydrogen-bond donors (Lipinski definition) is 3. The normalized spacial score (nSPS) is 14.0. The Bertz CT molecular complexity index is 663. The van der Waals surface area contributed by atoms with Gasteiger partial charge in [0.05, 0.1) is 0 Å². The number of carboxylic acids is 2. The average Bonchev–Trinajstić information content (AvgIpc) is 2.74. The van der Waals surface area contributed by atoms with Crippen molar-refractivity contribution in [3.8, 4) is 0 Å². The molecule has 3 N–H and O–H groups in total. The largest absolute Gasteiger partial charge is 0.479 e. The summed E-state index contributed by atoms with van der Waals surface area (Å²) in [6.07, 6.45) is -2.52. The van der Waals surface area contributed by atoms with Gasteiger partial charge in [0.2, 0.25) is 0 Å². The number of carboxylic acid groups (broad SMARTS) is 2. The number of carbonyl (C=O) groups excluding carboxylic acids is 4. The summed E-state index contributed by atoms with van der Waals surface area (Å²) in [4.78, 5) is 67.9. The molecule has 0 aromatic carbocycles. The van der Waals surface area contributed by atoms with Crippen molar-refractivity contribution in [2.45, 2.75) is 90.6 Å². The number of alkyl carbamates (subject to hydrolysis) is 1. The summed E-state index contributed by atoms with van der Waals surface area (Å²) in [5.74, 6) is -5.12. The Labute approximate surface area is 197 Å². The third-order valence-corrected chi connectivity index (χ3v) is 4.36. The van der Waals surface area contributed by atoms with E-state index < -0.39 is 60.4 Å². The first-order chi connectivity index (χ1) is 15.8. The van der Waals surface area contributed by atoms with Gasteiger partial charge >= 0.3 is 35.9 Å². The average molecular weight is 491 g/mol. The lowest BCUT2D eigenvalue weighted by Crippen LogP contribution is -2.35. The van der Waals surface area contributed by atoms with Crippen LogP contribution in [0.15, 0.2) is 0 Å². The molecule has 0 radical (unpaired) electrons. The van der Waals surface area contributed by atoms with Crippen LogP contribution in [-0.4, -0.2) is 77.1 Å². The molecule has 194 valence electrons. The molecule has 4 unspecified atom stereocenters. The van der Waals surface area contributed by atoms with Crippen LogP contribution >= 0.6 is 0 Å². The van der Waals surface area contributed by atoms with Crippen molar-refractivity contribution in [3.63, 3.8) is 0 Å². The highest BCUT2D eigenvalue weighted by Gasteiger charge is 2.25. The first-order valence-electron chi connectivity index (χ1n) is 10.9. The Balaban J connectivity index is 3.86. The summed E-state index contributed by atoms with van der Waals surface area (Å²) in [6, 6.07) is 0. The molecule has 34 heavy (non-hydrogen) atoms. The third-order valence-electron chi connectivity index (χ3n) is 4.36. The fraction of sp³-hybridized carbons (Fsp3) is 0.714. The maximum absolute atomic E-state index is 11.7. The van der Waals surface area contributed by atoms with Crippen LogP contribution in [0.3, 0.4) is 0 Å². The molecule has 13 nitrogen and oxygen atoms in total. The lowest BCUT2D eigenvalue weighted by Gasteiger charge is -2.15. The van der Waals surface area contributed by atoms with Gasteiger partial charge in [0, 0.05) is 13.0 Å². The van der Waals surface area contributed by atoms with E-state index >= 15 is 0 Å². The second-order valence-electron chi connectivity index (χ2n) is 7.46. The quantitative estimate of drug-likeness (QED) is 0.160. The molecule has 0 saturated carbocycles. The van der Waals surface area contributed by atoms with E-state index in [9.17, 15) is 28.8 Å². The van der Waals surface area contributed by atoms with Gasteiger partial charge in [0.1, 0.15) is 0 Å². The molecule has 1 amide bonds. The van der Waals surface area contributed by atoms with Crippen molar-refractivity contribution >= 4 is 35.9 Å². The van der Waals surface area contributed by atoms with Gasteiger partial charge in [-0.05, 0) is 40.5 Å². The van der Waals surface area contributed by atoms with Gasteiger partial charge in [-0.1, -0.05) is 19.3 Å². The van der Waals surface area contributed by atoms with Crippen LogP contribution in [0.25, 0.3) is 0 Å².